The van der Waals surface area contributed by atoms with Crippen LogP contribution in [0.2, 0.25) is 0 Å². The number of hydrogen-bond donors (Lipinski definition) is 0. The first-order valence-electron chi connectivity index (χ1n) is 5.41. The molecule has 2 heteroatoms. The third-order valence-electron chi connectivity index (χ3n) is 2.76. The molecule has 0 fully saturated rings. The van der Waals surface area contributed by atoms with E-state index in [1.807, 2.05) is 30.3 Å². The van der Waals surface area contributed by atoms with Gasteiger partial charge in [-0.25, -0.2) is 0 Å². The van der Waals surface area contributed by atoms with Gasteiger partial charge in [-0.15, -0.1) is 0 Å². The normalized spacial score (nSPS) is 12.5. The first-order chi connectivity index (χ1) is 8.36. The summed E-state index contributed by atoms with van der Waals surface area (Å²) in [7, 11) is 0. The lowest BCUT2D eigenvalue weighted by atomic mass is 10.1. The van der Waals surface area contributed by atoms with Gasteiger partial charge in [-0.1, -0.05) is 54.2 Å². The minimum Gasteiger partial charge on any atom is -0.298 e. The summed E-state index contributed by atoms with van der Waals surface area (Å²) >= 11 is 1.71. The van der Waals surface area contributed by atoms with Crippen molar-refractivity contribution in [3.63, 3.8) is 0 Å². The number of benzene rings is 2. The van der Waals surface area contributed by atoms with Gasteiger partial charge in [0, 0.05) is 15.4 Å². The largest absolute Gasteiger partial charge is 0.298 e. The lowest BCUT2D eigenvalue weighted by Crippen LogP contribution is -1.84. The van der Waals surface area contributed by atoms with Crippen molar-refractivity contribution in [1.29, 1.82) is 0 Å². The van der Waals surface area contributed by atoms with Gasteiger partial charge < -0.3 is 0 Å². The lowest BCUT2D eigenvalue weighted by Gasteiger charge is -2.05. The lowest BCUT2D eigenvalue weighted by molar-refractivity contribution is 0.112. The molecule has 0 bridgehead atoms. The Hall–Kier alpha value is -1.80. The van der Waals surface area contributed by atoms with Crippen molar-refractivity contribution in [2.75, 3.05) is 0 Å². The van der Waals surface area contributed by atoms with Crippen LogP contribution in [0.25, 0.3) is 12.2 Å². The number of rotatable bonds is 1. The van der Waals surface area contributed by atoms with Crippen LogP contribution < -0.4 is 0 Å². The summed E-state index contributed by atoms with van der Waals surface area (Å²) in [6, 6.07) is 14.1. The van der Waals surface area contributed by atoms with Crippen molar-refractivity contribution in [1.82, 2.24) is 0 Å². The molecule has 3 rings (SSSR count). The number of fused-ring (bicyclic) bond motifs is 2. The van der Waals surface area contributed by atoms with Crippen molar-refractivity contribution in [2.45, 2.75) is 9.79 Å². The Morgan fingerprint density at radius 1 is 0.882 bits per heavy atom. The van der Waals surface area contributed by atoms with Crippen LogP contribution in [0.15, 0.2) is 52.3 Å². The molecule has 1 aliphatic rings. The fraction of sp³-hybridized carbons (Fsp3) is 0. The third-order valence-corrected chi connectivity index (χ3v) is 3.92. The van der Waals surface area contributed by atoms with E-state index in [-0.39, 0.29) is 0 Å². The van der Waals surface area contributed by atoms with Gasteiger partial charge >= 0.3 is 0 Å². The summed E-state index contributed by atoms with van der Waals surface area (Å²) in [5.41, 5.74) is 3.11. The van der Waals surface area contributed by atoms with E-state index < -0.39 is 0 Å². The summed E-state index contributed by atoms with van der Waals surface area (Å²) in [5.74, 6) is 0. The van der Waals surface area contributed by atoms with E-state index in [0.29, 0.717) is 0 Å². The summed E-state index contributed by atoms with van der Waals surface area (Å²) < 4.78 is 0. The van der Waals surface area contributed by atoms with E-state index in [1.165, 1.54) is 10.5 Å². The maximum atomic E-state index is 10.8. The van der Waals surface area contributed by atoms with Crippen LogP contribution in [0.3, 0.4) is 0 Å². The van der Waals surface area contributed by atoms with Gasteiger partial charge in [0.1, 0.15) is 6.29 Å². The molecule has 0 aromatic heterocycles. The Morgan fingerprint density at radius 3 is 2.47 bits per heavy atom. The van der Waals surface area contributed by atoms with Crippen LogP contribution in [-0.4, -0.2) is 6.29 Å². The minimum atomic E-state index is 0.726. The Morgan fingerprint density at radius 2 is 1.65 bits per heavy atom. The van der Waals surface area contributed by atoms with E-state index in [0.717, 1.165) is 22.3 Å². The Balaban J connectivity index is 2.15. The standard InChI is InChI=1S/C15H10OS/c16-10-11-5-6-13-8-7-12-3-1-2-4-14(12)17-15(13)9-11/h1-10H. The summed E-state index contributed by atoms with van der Waals surface area (Å²) in [6.07, 6.45) is 5.11. The Kier molecular flexibility index (Phi) is 2.57. The molecule has 1 aliphatic heterocycles. The number of aldehydes is 1. The molecule has 0 spiro atoms. The smallest absolute Gasteiger partial charge is 0.150 e. The topological polar surface area (TPSA) is 17.1 Å². The molecule has 0 saturated heterocycles. The zero-order valence-corrected chi connectivity index (χ0v) is 9.91. The average Bonchev–Trinajstić information content (AvgIpc) is 2.56. The predicted octanol–water partition coefficient (Wildman–Crippen LogP) is 4.13. The summed E-state index contributed by atoms with van der Waals surface area (Å²) in [5, 5.41) is 0. The van der Waals surface area contributed by atoms with Gasteiger partial charge in [0.05, 0.1) is 0 Å². The van der Waals surface area contributed by atoms with E-state index in [9.17, 15) is 4.79 Å². The highest BCUT2D eigenvalue weighted by atomic mass is 32.2. The molecule has 0 N–H and O–H groups in total. The van der Waals surface area contributed by atoms with E-state index >= 15 is 0 Å². The zero-order valence-electron chi connectivity index (χ0n) is 9.09. The second kappa shape index (κ2) is 4.22. The SMILES string of the molecule is O=Cc1ccc2c(c1)Sc1ccccc1C=C2. The molecule has 82 valence electrons. The molecular weight excluding hydrogens is 228 g/mol. The highest BCUT2D eigenvalue weighted by Crippen LogP contribution is 2.37. The maximum Gasteiger partial charge on any atom is 0.150 e. The highest BCUT2D eigenvalue weighted by Gasteiger charge is 2.09. The molecule has 0 saturated carbocycles. The molecule has 0 unspecified atom stereocenters. The maximum absolute atomic E-state index is 10.8. The van der Waals surface area contributed by atoms with E-state index in [2.05, 4.69) is 24.3 Å². The molecule has 2 aromatic carbocycles. The minimum absolute atomic E-state index is 0.726. The van der Waals surface area contributed by atoms with Crippen molar-refractivity contribution >= 4 is 30.2 Å². The van der Waals surface area contributed by atoms with Gasteiger partial charge in [0.15, 0.2) is 0 Å². The first-order valence-corrected chi connectivity index (χ1v) is 6.23. The summed E-state index contributed by atoms with van der Waals surface area (Å²) in [4.78, 5) is 13.2. The molecule has 0 aliphatic carbocycles. The Bertz CT molecular complexity index is 614. The van der Waals surface area contributed by atoms with Crippen LogP contribution in [-0.2, 0) is 0 Å². The molecule has 0 radical (unpaired) electrons. The van der Waals surface area contributed by atoms with Gasteiger partial charge in [0.2, 0.25) is 0 Å². The number of carbonyl (C=O) groups excluding carboxylic acids is 1. The fourth-order valence-corrected chi connectivity index (χ4v) is 2.95. The number of carbonyl (C=O) groups is 1. The van der Waals surface area contributed by atoms with Crippen LogP contribution in [0.5, 0.6) is 0 Å². The van der Waals surface area contributed by atoms with Crippen molar-refractivity contribution in [2.24, 2.45) is 0 Å². The third kappa shape index (κ3) is 1.92. The van der Waals surface area contributed by atoms with Crippen molar-refractivity contribution < 1.29 is 4.79 Å². The van der Waals surface area contributed by atoms with Crippen LogP contribution in [0, 0.1) is 0 Å². The summed E-state index contributed by atoms with van der Waals surface area (Å²) in [6.45, 7) is 0. The Labute approximate surface area is 104 Å². The monoisotopic (exact) mass is 238 g/mol. The van der Waals surface area contributed by atoms with Crippen molar-refractivity contribution in [3.05, 3.63) is 59.2 Å². The van der Waals surface area contributed by atoms with Crippen molar-refractivity contribution in [3.8, 4) is 0 Å². The molecule has 0 amide bonds. The second-order valence-corrected chi connectivity index (χ2v) is 4.97. The molecular formula is C15H10OS. The molecule has 1 nitrogen and oxygen atoms in total. The van der Waals surface area contributed by atoms with Crippen LogP contribution in [0.4, 0.5) is 0 Å². The van der Waals surface area contributed by atoms with Gasteiger partial charge in [-0.05, 0) is 23.3 Å². The molecule has 17 heavy (non-hydrogen) atoms. The van der Waals surface area contributed by atoms with Gasteiger partial charge in [0.25, 0.3) is 0 Å². The number of hydrogen-bond acceptors (Lipinski definition) is 2. The van der Waals surface area contributed by atoms with E-state index in [1.54, 1.807) is 11.8 Å². The molecule has 2 aromatic rings. The first kappa shape index (κ1) is 10.4. The van der Waals surface area contributed by atoms with Gasteiger partial charge in [-0.2, -0.15) is 0 Å². The van der Waals surface area contributed by atoms with Crippen LogP contribution in [0.1, 0.15) is 21.5 Å². The second-order valence-electron chi connectivity index (χ2n) is 3.89. The quantitative estimate of drug-likeness (QED) is 0.593. The zero-order chi connectivity index (χ0) is 11.7. The highest BCUT2D eigenvalue weighted by molar-refractivity contribution is 7.99. The van der Waals surface area contributed by atoms with Gasteiger partial charge in [-0.3, -0.25) is 4.79 Å². The average molecular weight is 238 g/mol. The van der Waals surface area contributed by atoms with Crippen LogP contribution >= 0.6 is 11.8 Å². The molecule has 0 atom stereocenters. The molecule has 1 heterocycles. The van der Waals surface area contributed by atoms with E-state index in [4.69, 9.17) is 0 Å². The predicted molar refractivity (Wildman–Crippen MR) is 71.3 cm³/mol. The fourth-order valence-electron chi connectivity index (χ4n) is 1.86.